The third kappa shape index (κ3) is 4.76. The van der Waals surface area contributed by atoms with Gasteiger partial charge in [0.05, 0.1) is 0 Å². The van der Waals surface area contributed by atoms with E-state index >= 15 is 0 Å². The summed E-state index contributed by atoms with van der Waals surface area (Å²) >= 11 is 0. The Labute approximate surface area is 140 Å². The number of rotatable bonds is 5. The standard InChI is InChI=1S/C18H21FN4O/c19-15-1-3-16(4-2-15)21-18(24)22-17-8-12-23(13-17)11-7-14-5-9-20-10-6-14/h1-6,9-10,17H,7-8,11-13H2,(H2,21,22,24). The smallest absolute Gasteiger partial charge is 0.319 e. The molecule has 24 heavy (non-hydrogen) atoms. The van der Waals surface area contributed by atoms with Crippen LogP contribution in [0.15, 0.2) is 48.8 Å². The first-order chi connectivity index (χ1) is 11.7. The lowest BCUT2D eigenvalue weighted by Crippen LogP contribution is -2.39. The van der Waals surface area contributed by atoms with Crippen molar-refractivity contribution in [1.29, 1.82) is 0 Å². The van der Waals surface area contributed by atoms with Gasteiger partial charge in [0.2, 0.25) is 0 Å². The maximum absolute atomic E-state index is 12.9. The van der Waals surface area contributed by atoms with Crippen molar-refractivity contribution in [2.24, 2.45) is 0 Å². The SMILES string of the molecule is O=C(Nc1ccc(F)cc1)NC1CCN(CCc2ccncc2)C1. The van der Waals surface area contributed by atoms with Crippen LogP contribution in [-0.2, 0) is 6.42 Å². The molecule has 2 amide bonds. The number of nitrogens with zero attached hydrogens (tertiary/aromatic N) is 2. The number of aromatic nitrogens is 1. The van der Waals surface area contributed by atoms with Gasteiger partial charge < -0.3 is 15.5 Å². The average Bonchev–Trinajstić information content (AvgIpc) is 3.03. The molecule has 1 unspecified atom stereocenters. The molecule has 1 fully saturated rings. The van der Waals surface area contributed by atoms with E-state index in [9.17, 15) is 9.18 Å². The third-order valence-electron chi connectivity index (χ3n) is 4.18. The van der Waals surface area contributed by atoms with E-state index in [0.29, 0.717) is 5.69 Å². The quantitative estimate of drug-likeness (QED) is 0.887. The van der Waals surface area contributed by atoms with E-state index in [1.165, 1.54) is 17.7 Å². The molecule has 1 atom stereocenters. The van der Waals surface area contributed by atoms with Crippen LogP contribution in [0.1, 0.15) is 12.0 Å². The topological polar surface area (TPSA) is 57.3 Å². The lowest BCUT2D eigenvalue weighted by molar-refractivity contribution is 0.247. The Kier molecular flexibility index (Phi) is 5.38. The zero-order valence-electron chi connectivity index (χ0n) is 13.4. The predicted molar refractivity (Wildman–Crippen MR) is 91.3 cm³/mol. The molecule has 1 aliphatic rings. The molecule has 5 nitrogen and oxygen atoms in total. The van der Waals surface area contributed by atoms with Crippen LogP contribution in [0.5, 0.6) is 0 Å². The number of benzene rings is 1. The average molecular weight is 328 g/mol. The number of hydrogen-bond acceptors (Lipinski definition) is 3. The van der Waals surface area contributed by atoms with Gasteiger partial charge in [0, 0.05) is 43.8 Å². The van der Waals surface area contributed by atoms with Gasteiger partial charge in [-0.3, -0.25) is 4.98 Å². The summed E-state index contributed by atoms with van der Waals surface area (Å²) in [5.41, 5.74) is 1.86. The molecule has 1 aliphatic heterocycles. The van der Waals surface area contributed by atoms with Crippen LogP contribution < -0.4 is 10.6 Å². The highest BCUT2D eigenvalue weighted by Crippen LogP contribution is 2.12. The molecule has 0 saturated carbocycles. The minimum atomic E-state index is -0.318. The molecule has 0 spiro atoms. The van der Waals surface area contributed by atoms with Crippen molar-refractivity contribution in [3.8, 4) is 0 Å². The van der Waals surface area contributed by atoms with Crippen molar-refractivity contribution >= 4 is 11.7 Å². The van der Waals surface area contributed by atoms with Gasteiger partial charge in [-0.15, -0.1) is 0 Å². The zero-order chi connectivity index (χ0) is 16.8. The van der Waals surface area contributed by atoms with Gasteiger partial charge in [-0.05, 0) is 54.8 Å². The monoisotopic (exact) mass is 328 g/mol. The fourth-order valence-electron chi connectivity index (χ4n) is 2.88. The fourth-order valence-corrected chi connectivity index (χ4v) is 2.88. The van der Waals surface area contributed by atoms with Gasteiger partial charge in [0.15, 0.2) is 0 Å². The third-order valence-corrected chi connectivity index (χ3v) is 4.18. The second kappa shape index (κ2) is 7.88. The molecular weight excluding hydrogens is 307 g/mol. The first-order valence-electron chi connectivity index (χ1n) is 8.13. The van der Waals surface area contributed by atoms with E-state index in [4.69, 9.17) is 0 Å². The highest BCUT2D eigenvalue weighted by atomic mass is 19.1. The largest absolute Gasteiger partial charge is 0.334 e. The maximum Gasteiger partial charge on any atom is 0.319 e. The number of amides is 2. The maximum atomic E-state index is 12.9. The number of pyridine rings is 1. The Morgan fingerprint density at radius 1 is 1.21 bits per heavy atom. The summed E-state index contributed by atoms with van der Waals surface area (Å²) in [6.45, 7) is 2.80. The fraction of sp³-hybridized carbons (Fsp3) is 0.333. The van der Waals surface area contributed by atoms with Gasteiger partial charge in [-0.1, -0.05) is 0 Å². The summed E-state index contributed by atoms with van der Waals surface area (Å²) in [4.78, 5) is 18.4. The number of nitrogens with one attached hydrogen (secondary N) is 2. The van der Waals surface area contributed by atoms with Crippen LogP contribution in [0.3, 0.4) is 0 Å². The molecule has 1 aromatic carbocycles. The summed E-state index contributed by atoms with van der Waals surface area (Å²) in [6.07, 6.45) is 5.54. The summed E-state index contributed by atoms with van der Waals surface area (Å²) in [5, 5.41) is 5.70. The first-order valence-corrected chi connectivity index (χ1v) is 8.13. The van der Waals surface area contributed by atoms with Crippen LogP contribution in [0.2, 0.25) is 0 Å². The minimum Gasteiger partial charge on any atom is -0.334 e. The molecule has 1 saturated heterocycles. The van der Waals surface area contributed by atoms with Gasteiger partial charge in [-0.25, -0.2) is 9.18 Å². The van der Waals surface area contributed by atoms with Crippen LogP contribution in [0.25, 0.3) is 0 Å². The van der Waals surface area contributed by atoms with Crippen LogP contribution in [0.4, 0.5) is 14.9 Å². The summed E-state index contributed by atoms with van der Waals surface area (Å²) < 4.78 is 12.9. The van der Waals surface area contributed by atoms with Crippen LogP contribution >= 0.6 is 0 Å². The minimum absolute atomic E-state index is 0.142. The summed E-state index contributed by atoms with van der Waals surface area (Å²) in [7, 11) is 0. The summed E-state index contributed by atoms with van der Waals surface area (Å²) in [6, 6.07) is 9.70. The Hall–Kier alpha value is -2.47. The summed E-state index contributed by atoms with van der Waals surface area (Å²) in [5.74, 6) is -0.318. The number of hydrogen-bond donors (Lipinski definition) is 2. The number of anilines is 1. The molecule has 2 heterocycles. The highest BCUT2D eigenvalue weighted by Gasteiger charge is 2.23. The van der Waals surface area contributed by atoms with E-state index in [-0.39, 0.29) is 17.9 Å². The second-order valence-corrected chi connectivity index (χ2v) is 6.00. The lowest BCUT2D eigenvalue weighted by atomic mass is 10.2. The lowest BCUT2D eigenvalue weighted by Gasteiger charge is -2.17. The Morgan fingerprint density at radius 2 is 1.96 bits per heavy atom. The number of likely N-dealkylation sites (tertiary alicyclic amines) is 1. The number of carbonyl (C=O) groups is 1. The van der Waals surface area contributed by atoms with Gasteiger partial charge in [0.25, 0.3) is 0 Å². The van der Waals surface area contributed by atoms with Gasteiger partial charge in [0.1, 0.15) is 5.82 Å². The molecule has 0 aliphatic carbocycles. The van der Waals surface area contributed by atoms with E-state index in [2.05, 4.69) is 20.5 Å². The van der Waals surface area contributed by atoms with E-state index in [1.54, 1.807) is 12.1 Å². The predicted octanol–water partition coefficient (Wildman–Crippen LogP) is 2.66. The molecule has 126 valence electrons. The highest BCUT2D eigenvalue weighted by molar-refractivity contribution is 5.89. The molecule has 0 bridgehead atoms. The van der Waals surface area contributed by atoms with Crippen molar-refractivity contribution in [2.75, 3.05) is 25.0 Å². The Balaban J connectivity index is 1.40. The molecule has 1 aromatic heterocycles. The van der Waals surface area contributed by atoms with Gasteiger partial charge in [-0.2, -0.15) is 0 Å². The molecule has 0 radical (unpaired) electrons. The van der Waals surface area contributed by atoms with Gasteiger partial charge >= 0.3 is 6.03 Å². The number of halogens is 1. The Bertz CT molecular complexity index is 662. The van der Waals surface area contributed by atoms with E-state index in [0.717, 1.165) is 32.5 Å². The van der Waals surface area contributed by atoms with E-state index in [1.807, 2.05) is 24.5 Å². The normalized spacial score (nSPS) is 17.6. The van der Waals surface area contributed by atoms with Crippen LogP contribution in [0, 0.1) is 5.82 Å². The zero-order valence-corrected chi connectivity index (χ0v) is 13.4. The van der Waals surface area contributed by atoms with Crippen molar-refractivity contribution in [1.82, 2.24) is 15.2 Å². The molecular formula is C18H21FN4O. The number of urea groups is 1. The van der Waals surface area contributed by atoms with E-state index < -0.39 is 0 Å². The molecule has 2 aromatic rings. The van der Waals surface area contributed by atoms with Crippen molar-refractivity contribution in [2.45, 2.75) is 18.9 Å². The van der Waals surface area contributed by atoms with Crippen molar-refractivity contribution in [3.05, 3.63) is 60.2 Å². The second-order valence-electron chi connectivity index (χ2n) is 6.00. The number of carbonyl (C=O) groups excluding carboxylic acids is 1. The Morgan fingerprint density at radius 3 is 2.71 bits per heavy atom. The van der Waals surface area contributed by atoms with Crippen molar-refractivity contribution in [3.63, 3.8) is 0 Å². The first kappa shape index (κ1) is 16.4. The molecule has 6 heteroatoms. The van der Waals surface area contributed by atoms with Crippen LogP contribution in [-0.4, -0.2) is 41.6 Å². The molecule has 2 N–H and O–H groups in total. The van der Waals surface area contributed by atoms with Crippen molar-refractivity contribution < 1.29 is 9.18 Å². The molecule has 3 rings (SSSR count).